The van der Waals surface area contributed by atoms with Gasteiger partial charge in [-0.1, -0.05) is 44.2 Å². The topological polar surface area (TPSA) is 71.9 Å². The Hall–Kier alpha value is -3.45. The second-order valence-corrected chi connectivity index (χ2v) is 11.8. The van der Waals surface area contributed by atoms with Crippen LogP contribution >= 0.6 is 0 Å². The van der Waals surface area contributed by atoms with E-state index in [0.717, 1.165) is 65.8 Å². The molecular formula is C34H41FN2O4. The lowest BCUT2D eigenvalue weighted by Crippen LogP contribution is -2.30. The molecule has 0 bridgehead atoms. The van der Waals surface area contributed by atoms with Crippen molar-refractivity contribution in [2.24, 2.45) is 11.8 Å². The molecule has 2 aromatic carbocycles. The lowest BCUT2D eigenvalue weighted by molar-refractivity contribution is -0.142. The number of rotatable bonds is 11. The average molecular weight is 561 g/mol. The van der Waals surface area contributed by atoms with Crippen LogP contribution in [0, 0.1) is 17.7 Å². The van der Waals surface area contributed by atoms with Gasteiger partial charge in [0.15, 0.2) is 0 Å². The fraction of sp³-hybridized carbons (Fsp3) is 0.471. The summed E-state index contributed by atoms with van der Waals surface area (Å²) in [5, 5.41) is 9.74. The highest BCUT2D eigenvalue weighted by atomic mass is 19.1. The number of carboxylic acid groups (broad SMARTS) is 1. The summed E-state index contributed by atoms with van der Waals surface area (Å²) in [7, 11) is 1.53. The van der Waals surface area contributed by atoms with Crippen LogP contribution in [0.15, 0.2) is 48.7 Å². The summed E-state index contributed by atoms with van der Waals surface area (Å²) < 4.78 is 27.0. The third-order valence-corrected chi connectivity index (χ3v) is 8.82. The molecule has 0 radical (unpaired) electrons. The van der Waals surface area contributed by atoms with E-state index in [-0.39, 0.29) is 17.8 Å². The van der Waals surface area contributed by atoms with Crippen molar-refractivity contribution in [2.45, 2.75) is 78.0 Å². The van der Waals surface area contributed by atoms with E-state index in [1.807, 2.05) is 19.1 Å². The highest BCUT2D eigenvalue weighted by Crippen LogP contribution is 2.48. The number of carboxylic acids is 1. The Balaban J connectivity index is 1.48. The number of pyridine rings is 1. The van der Waals surface area contributed by atoms with Crippen LogP contribution in [0.1, 0.15) is 81.2 Å². The molecule has 1 aliphatic heterocycles. The van der Waals surface area contributed by atoms with E-state index in [0.29, 0.717) is 29.9 Å². The zero-order valence-corrected chi connectivity index (χ0v) is 24.7. The fourth-order valence-electron chi connectivity index (χ4n) is 6.23. The summed E-state index contributed by atoms with van der Waals surface area (Å²) in [5.41, 5.74) is 5.57. The maximum Gasteiger partial charge on any atom is 0.306 e. The molecule has 6 nitrogen and oxygen atoms in total. The van der Waals surface area contributed by atoms with Gasteiger partial charge in [-0.15, -0.1) is 0 Å². The first-order valence-corrected chi connectivity index (χ1v) is 14.8. The van der Waals surface area contributed by atoms with E-state index in [4.69, 9.17) is 9.47 Å². The van der Waals surface area contributed by atoms with Gasteiger partial charge in [-0.3, -0.25) is 9.69 Å². The molecule has 3 atom stereocenters. The van der Waals surface area contributed by atoms with Gasteiger partial charge in [-0.25, -0.2) is 9.37 Å². The Morgan fingerprint density at radius 2 is 1.90 bits per heavy atom. The number of ether oxygens (including phenoxy) is 2. The first kappa shape index (κ1) is 29.1. The van der Waals surface area contributed by atoms with Crippen LogP contribution in [-0.4, -0.2) is 40.7 Å². The molecule has 1 fully saturated rings. The maximum atomic E-state index is 15.0. The largest absolute Gasteiger partial charge is 0.485 e. The third-order valence-electron chi connectivity index (χ3n) is 8.82. The summed E-state index contributed by atoms with van der Waals surface area (Å²) in [5.74, 6) is 0.0525. The van der Waals surface area contributed by atoms with Gasteiger partial charge in [0.25, 0.3) is 0 Å². The third kappa shape index (κ3) is 6.25. The fourth-order valence-corrected chi connectivity index (χ4v) is 6.23. The second-order valence-electron chi connectivity index (χ2n) is 11.8. The number of aliphatic carboxylic acids is 1. The molecule has 0 spiro atoms. The van der Waals surface area contributed by atoms with Crippen molar-refractivity contribution in [2.75, 3.05) is 13.7 Å². The van der Waals surface area contributed by atoms with Crippen molar-refractivity contribution < 1.29 is 23.8 Å². The minimum Gasteiger partial charge on any atom is -0.485 e. The Kier molecular flexibility index (Phi) is 8.64. The molecule has 1 N–H and O–H groups in total. The highest BCUT2D eigenvalue weighted by molar-refractivity contribution is 5.71. The van der Waals surface area contributed by atoms with Crippen molar-refractivity contribution in [3.63, 3.8) is 0 Å². The Morgan fingerprint density at radius 1 is 1.12 bits per heavy atom. The molecule has 1 saturated carbocycles. The number of aryl methyl sites for hydroxylation is 1. The van der Waals surface area contributed by atoms with E-state index < -0.39 is 11.9 Å². The molecular weight excluding hydrogens is 519 g/mol. The lowest BCUT2D eigenvalue weighted by Gasteiger charge is -2.30. The maximum absolute atomic E-state index is 15.0. The standard InChI is InChI=1S/C34H41FN2O4/c1-6-37(20(2)3)19-26-15-24(11-13-27(26)28-17-32(40-5)36-18-29(28)35)30-14-12-22-7-10-25(16-31(22)41-30)33(23-8-9-23)21(4)34(38)39/h7,10-11,13,15-18,20-21,23,30,33H,6,8-9,12,14,19H2,1-5H3,(H,38,39)/t21-,30-,33?/m0/s1. The lowest BCUT2D eigenvalue weighted by atomic mass is 9.82. The average Bonchev–Trinajstić information content (AvgIpc) is 3.81. The van der Waals surface area contributed by atoms with Gasteiger partial charge in [-0.05, 0) is 91.8 Å². The van der Waals surface area contributed by atoms with Crippen LogP contribution in [0.4, 0.5) is 4.39 Å². The predicted octanol–water partition coefficient (Wildman–Crippen LogP) is 7.41. The second kappa shape index (κ2) is 12.2. The quantitative estimate of drug-likeness (QED) is 0.263. The zero-order valence-electron chi connectivity index (χ0n) is 24.7. The summed E-state index contributed by atoms with van der Waals surface area (Å²) in [6, 6.07) is 14.5. The van der Waals surface area contributed by atoms with E-state index in [1.54, 1.807) is 6.07 Å². The van der Waals surface area contributed by atoms with Crippen molar-refractivity contribution >= 4 is 5.97 Å². The molecule has 5 rings (SSSR count). The van der Waals surface area contributed by atoms with E-state index in [2.05, 4.69) is 54.9 Å². The van der Waals surface area contributed by atoms with Crippen molar-refractivity contribution in [3.8, 4) is 22.8 Å². The number of hydrogen-bond donors (Lipinski definition) is 1. The molecule has 0 amide bonds. The minimum atomic E-state index is -0.753. The highest BCUT2D eigenvalue weighted by Gasteiger charge is 2.39. The van der Waals surface area contributed by atoms with E-state index >= 15 is 4.39 Å². The number of fused-ring (bicyclic) bond motifs is 1. The molecule has 1 aromatic heterocycles. The predicted molar refractivity (Wildman–Crippen MR) is 158 cm³/mol. The number of nitrogens with zero attached hydrogens (tertiary/aromatic N) is 2. The van der Waals surface area contributed by atoms with Gasteiger partial charge < -0.3 is 14.6 Å². The van der Waals surface area contributed by atoms with Crippen LogP contribution in [0.2, 0.25) is 0 Å². The van der Waals surface area contributed by atoms with Gasteiger partial charge in [0.05, 0.1) is 19.2 Å². The monoisotopic (exact) mass is 560 g/mol. The molecule has 41 heavy (non-hydrogen) atoms. The normalized spacial score (nSPS) is 18.1. The molecule has 2 heterocycles. The molecule has 2 aliphatic rings. The van der Waals surface area contributed by atoms with Crippen molar-refractivity contribution in [1.82, 2.24) is 9.88 Å². The molecule has 1 unspecified atom stereocenters. The first-order valence-electron chi connectivity index (χ1n) is 14.8. The Labute approximate surface area is 242 Å². The van der Waals surface area contributed by atoms with Crippen LogP contribution < -0.4 is 9.47 Å². The molecule has 1 aliphatic carbocycles. The summed E-state index contributed by atoms with van der Waals surface area (Å²) in [6.07, 6.45) is 4.93. The number of methoxy groups -OCH3 is 1. The van der Waals surface area contributed by atoms with Crippen LogP contribution in [0.25, 0.3) is 11.1 Å². The smallest absolute Gasteiger partial charge is 0.306 e. The number of benzene rings is 2. The van der Waals surface area contributed by atoms with Gasteiger partial charge in [0.2, 0.25) is 5.88 Å². The summed E-state index contributed by atoms with van der Waals surface area (Å²) in [4.78, 5) is 18.2. The van der Waals surface area contributed by atoms with Crippen LogP contribution in [-0.2, 0) is 17.8 Å². The van der Waals surface area contributed by atoms with Crippen LogP contribution in [0.3, 0.4) is 0 Å². The number of halogens is 1. The van der Waals surface area contributed by atoms with E-state index in [9.17, 15) is 9.90 Å². The Morgan fingerprint density at radius 3 is 2.56 bits per heavy atom. The zero-order chi connectivity index (χ0) is 29.3. The number of aromatic nitrogens is 1. The van der Waals surface area contributed by atoms with Crippen molar-refractivity contribution in [3.05, 3.63) is 76.7 Å². The van der Waals surface area contributed by atoms with Gasteiger partial charge in [0.1, 0.15) is 17.7 Å². The molecule has 7 heteroatoms. The van der Waals surface area contributed by atoms with Crippen molar-refractivity contribution in [1.29, 1.82) is 0 Å². The first-order chi connectivity index (χ1) is 19.7. The molecule has 218 valence electrons. The van der Waals surface area contributed by atoms with Crippen LogP contribution in [0.5, 0.6) is 11.6 Å². The summed E-state index contributed by atoms with van der Waals surface area (Å²) in [6.45, 7) is 9.83. The minimum absolute atomic E-state index is 0.00373. The van der Waals surface area contributed by atoms with Gasteiger partial charge in [0, 0.05) is 24.2 Å². The van der Waals surface area contributed by atoms with E-state index in [1.165, 1.54) is 13.3 Å². The van der Waals surface area contributed by atoms with Gasteiger partial charge in [-0.2, -0.15) is 0 Å². The number of carbonyl (C=O) groups is 1. The number of hydrogen-bond acceptors (Lipinski definition) is 5. The van der Waals surface area contributed by atoms with Gasteiger partial charge >= 0.3 is 5.97 Å². The Bertz CT molecular complexity index is 1400. The summed E-state index contributed by atoms with van der Waals surface area (Å²) >= 11 is 0. The molecule has 3 aromatic rings. The molecule has 0 saturated heterocycles. The SMILES string of the molecule is CCN(Cc1cc([C@@H]2CCc3ccc(C(C4CC4)[C@H](C)C(=O)O)cc3O2)ccc1-c1cc(OC)ncc1F)C(C)C.